The molecule has 0 heterocycles. The standard InChI is InChI=1S/C18H25F3O2/c1-6-11(2)13(4)12(3)9-16(22)15-8-7-14(18(19,20)21)10-17(15)23-5/h7-8,10-13H,6,9H2,1-5H3. The van der Waals surface area contributed by atoms with E-state index in [1.807, 2.05) is 6.92 Å². The summed E-state index contributed by atoms with van der Waals surface area (Å²) >= 11 is 0. The first kappa shape index (κ1) is 19.5. The Balaban J connectivity index is 2.96. The van der Waals surface area contributed by atoms with E-state index in [-0.39, 0.29) is 23.0 Å². The van der Waals surface area contributed by atoms with Crippen molar-refractivity contribution in [2.24, 2.45) is 17.8 Å². The first-order chi connectivity index (χ1) is 10.6. The van der Waals surface area contributed by atoms with Crippen molar-refractivity contribution < 1.29 is 22.7 Å². The lowest BCUT2D eigenvalue weighted by Gasteiger charge is -2.25. The van der Waals surface area contributed by atoms with Crippen molar-refractivity contribution in [2.75, 3.05) is 7.11 Å². The summed E-state index contributed by atoms with van der Waals surface area (Å²) in [5.41, 5.74) is -0.601. The number of rotatable bonds is 7. The van der Waals surface area contributed by atoms with E-state index in [2.05, 4.69) is 20.8 Å². The number of ketones is 1. The zero-order chi connectivity index (χ0) is 17.8. The van der Waals surface area contributed by atoms with Gasteiger partial charge in [-0.05, 0) is 36.0 Å². The molecule has 1 aromatic carbocycles. The molecule has 0 aromatic heterocycles. The molecular formula is C18H25F3O2. The molecule has 1 rings (SSSR count). The molecule has 0 bridgehead atoms. The van der Waals surface area contributed by atoms with E-state index in [4.69, 9.17) is 4.74 Å². The summed E-state index contributed by atoms with van der Waals surface area (Å²) < 4.78 is 43.2. The van der Waals surface area contributed by atoms with Gasteiger partial charge >= 0.3 is 6.18 Å². The average Bonchev–Trinajstić information content (AvgIpc) is 2.51. The summed E-state index contributed by atoms with van der Waals surface area (Å²) in [7, 11) is 1.28. The Bertz CT molecular complexity index is 538. The summed E-state index contributed by atoms with van der Waals surface area (Å²) in [6, 6.07) is 3.03. The van der Waals surface area contributed by atoms with E-state index in [9.17, 15) is 18.0 Å². The van der Waals surface area contributed by atoms with Gasteiger partial charge in [0.05, 0.1) is 18.2 Å². The summed E-state index contributed by atoms with van der Waals surface area (Å²) in [6.45, 7) is 8.36. The molecule has 0 aliphatic heterocycles. The molecule has 0 fully saturated rings. The van der Waals surface area contributed by atoms with E-state index in [1.165, 1.54) is 13.2 Å². The van der Waals surface area contributed by atoms with Gasteiger partial charge in [-0.25, -0.2) is 0 Å². The molecule has 2 nitrogen and oxygen atoms in total. The molecule has 3 atom stereocenters. The quantitative estimate of drug-likeness (QED) is 0.608. The van der Waals surface area contributed by atoms with Gasteiger partial charge in [0, 0.05) is 6.42 Å². The molecule has 0 amide bonds. The van der Waals surface area contributed by atoms with Crippen LogP contribution in [0.1, 0.15) is 56.5 Å². The van der Waals surface area contributed by atoms with Crippen molar-refractivity contribution in [3.8, 4) is 5.75 Å². The fourth-order valence-electron chi connectivity index (χ4n) is 2.62. The van der Waals surface area contributed by atoms with Gasteiger partial charge in [-0.15, -0.1) is 0 Å². The number of carbonyl (C=O) groups excluding carboxylic acids is 1. The van der Waals surface area contributed by atoms with Crippen molar-refractivity contribution in [3.05, 3.63) is 29.3 Å². The van der Waals surface area contributed by atoms with Crippen molar-refractivity contribution in [2.45, 2.75) is 46.7 Å². The number of carbonyl (C=O) groups is 1. The fraction of sp³-hybridized carbons (Fsp3) is 0.611. The van der Waals surface area contributed by atoms with Crippen LogP contribution < -0.4 is 4.74 Å². The Morgan fingerprint density at radius 1 is 1.17 bits per heavy atom. The lowest BCUT2D eigenvalue weighted by atomic mass is 9.80. The van der Waals surface area contributed by atoms with Crippen LogP contribution in [0.3, 0.4) is 0 Å². The van der Waals surface area contributed by atoms with Crippen LogP contribution in [0.25, 0.3) is 0 Å². The lowest BCUT2D eigenvalue weighted by Crippen LogP contribution is -2.19. The molecule has 3 unspecified atom stereocenters. The number of ether oxygens (including phenoxy) is 1. The maximum atomic E-state index is 12.7. The Kier molecular flexibility index (Phi) is 6.66. The van der Waals surface area contributed by atoms with Crippen LogP contribution in [-0.2, 0) is 6.18 Å². The third-order valence-corrected chi connectivity index (χ3v) is 4.78. The highest BCUT2D eigenvalue weighted by atomic mass is 19.4. The van der Waals surface area contributed by atoms with Crippen LogP contribution in [-0.4, -0.2) is 12.9 Å². The SMILES string of the molecule is CCC(C)C(C)C(C)CC(=O)c1ccc(C(F)(F)F)cc1OC. The minimum Gasteiger partial charge on any atom is -0.496 e. The van der Waals surface area contributed by atoms with Crippen molar-refractivity contribution >= 4 is 5.78 Å². The van der Waals surface area contributed by atoms with Gasteiger partial charge in [0.2, 0.25) is 0 Å². The second-order valence-electron chi connectivity index (χ2n) is 6.26. The number of Topliss-reactive ketones (excluding diaryl/α,β-unsaturated/α-hetero) is 1. The van der Waals surface area contributed by atoms with E-state index >= 15 is 0 Å². The second kappa shape index (κ2) is 7.84. The average molecular weight is 330 g/mol. The predicted octanol–water partition coefficient (Wildman–Crippen LogP) is 5.61. The van der Waals surface area contributed by atoms with Gasteiger partial charge in [0.1, 0.15) is 5.75 Å². The molecule has 0 aliphatic carbocycles. The van der Waals surface area contributed by atoms with Gasteiger partial charge < -0.3 is 4.74 Å². The zero-order valence-electron chi connectivity index (χ0n) is 14.3. The van der Waals surface area contributed by atoms with Crippen LogP contribution in [0.5, 0.6) is 5.75 Å². The largest absolute Gasteiger partial charge is 0.496 e. The molecule has 1 aromatic rings. The summed E-state index contributed by atoms with van der Waals surface area (Å²) in [5, 5.41) is 0. The Labute approximate surface area is 136 Å². The number of benzene rings is 1. The van der Waals surface area contributed by atoms with Crippen molar-refractivity contribution in [3.63, 3.8) is 0 Å². The molecule has 0 radical (unpaired) electrons. The molecule has 23 heavy (non-hydrogen) atoms. The van der Waals surface area contributed by atoms with E-state index in [0.29, 0.717) is 18.3 Å². The molecule has 0 spiro atoms. The fourth-order valence-corrected chi connectivity index (χ4v) is 2.62. The lowest BCUT2D eigenvalue weighted by molar-refractivity contribution is -0.137. The van der Waals surface area contributed by atoms with Gasteiger partial charge in [0.15, 0.2) is 5.78 Å². The molecule has 0 aliphatic rings. The van der Waals surface area contributed by atoms with Crippen molar-refractivity contribution in [1.29, 1.82) is 0 Å². The minimum atomic E-state index is -4.45. The smallest absolute Gasteiger partial charge is 0.416 e. The first-order valence-electron chi connectivity index (χ1n) is 7.90. The van der Waals surface area contributed by atoms with Crippen molar-refractivity contribution in [1.82, 2.24) is 0 Å². The number of alkyl halides is 3. The molecule has 130 valence electrons. The van der Waals surface area contributed by atoms with Gasteiger partial charge in [-0.2, -0.15) is 13.2 Å². The first-order valence-corrected chi connectivity index (χ1v) is 7.90. The van der Waals surface area contributed by atoms with Gasteiger partial charge in [0.25, 0.3) is 0 Å². The number of hydrogen-bond acceptors (Lipinski definition) is 2. The molecule has 5 heteroatoms. The van der Waals surface area contributed by atoms with E-state index in [0.717, 1.165) is 18.6 Å². The predicted molar refractivity (Wildman–Crippen MR) is 84.7 cm³/mol. The Morgan fingerprint density at radius 2 is 1.78 bits per heavy atom. The topological polar surface area (TPSA) is 26.3 Å². The zero-order valence-corrected chi connectivity index (χ0v) is 14.3. The van der Waals surface area contributed by atoms with E-state index < -0.39 is 11.7 Å². The summed E-state index contributed by atoms with van der Waals surface area (Å²) in [6.07, 6.45) is -3.12. The Hall–Kier alpha value is -1.52. The molecule has 0 saturated carbocycles. The number of methoxy groups -OCH3 is 1. The third-order valence-electron chi connectivity index (χ3n) is 4.78. The summed E-state index contributed by atoms with van der Waals surface area (Å²) in [5.74, 6) is 0.813. The highest BCUT2D eigenvalue weighted by molar-refractivity contribution is 5.98. The summed E-state index contributed by atoms with van der Waals surface area (Å²) in [4.78, 5) is 12.4. The monoisotopic (exact) mass is 330 g/mol. The number of hydrogen-bond donors (Lipinski definition) is 0. The second-order valence-corrected chi connectivity index (χ2v) is 6.26. The number of halogens is 3. The van der Waals surface area contributed by atoms with Crippen LogP contribution in [0.4, 0.5) is 13.2 Å². The third kappa shape index (κ3) is 4.98. The molecule has 0 N–H and O–H groups in total. The maximum Gasteiger partial charge on any atom is 0.416 e. The highest BCUT2D eigenvalue weighted by Crippen LogP contribution is 2.34. The normalized spacial score (nSPS) is 15.8. The van der Waals surface area contributed by atoms with Crippen LogP contribution in [0.2, 0.25) is 0 Å². The Morgan fingerprint density at radius 3 is 2.26 bits per heavy atom. The van der Waals surface area contributed by atoms with Gasteiger partial charge in [-0.1, -0.05) is 34.1 Å². The van der Waals surface area contributed by atoms with Crippen LogP contribution in [0.15, 0.2) is 18.2 Å². The maximum absolute atomic E-state index is 12.7. The van der Waals surface area contributed by atoms with Gasteiger partial charge in [-0.3, -0.25) is 4.79 Å². The van der Waals surface area contributed by atoms with Crippen LogP contribution in [0, 0.1) is 17.8 Å². The molecule has 0 saturated heterocycles. The molecular weight excluding hydrogens is 305 g/mol. The van der Waals surface area contributed by atoms with E-state index in [1.54, 1.807) is 0 Å². The minimum absolute atomic E-state index is 0.0202. The van der Waals surface area contributed by atoms with Crippen LogP contribution >= 0.6 is 0 Å². The highest BCUT2D eigenvalue weighted by Gasteiger charge is 2.32.